The van der Waals surface area contributed by atoms with Crippen molar-refractivity contribution in [3.63, 3.8) is 0 Å². The molecule has 0 saturated carbocycles. The van der Waals surface area contributed by atoms with Crippen molar-refractivity contribution in [2.75, 3.05) is 6.61 Å². The van der Waals surface area contributed by atoms with Crippen LogP contribution in [0.15, 0.2) is 36.5 Å². The van der Waals surface area contributed by atoms with Gasteiger partial charge in [0.25, 0.3) is 0 Å². The lowest BCUT2D eigenvalue weighted by Crippen LogP contribution is -1.93. The van der Waals surface area contributed by atoms with Crippen LogP contribution in [0.3, 0.4) is 0 Å². The highest BCUT2D eigenvalue weighted by Gasteiger charge is 1.96. The smallest absolute Gasteiger partial charge is 0.155 e. The molecule has 0 aliphatic carbocycles. The van der Waals surface area contributed by atoms with E-state index in [1.165, 1.54) is 63.5 Å². The lowest BCUT2D eigenvalue weighted by molar-refractivity contribution is -0.114. The largest absolute Gasteiger partial charge is 0.392 e. The average molecular weight is 321 g/mol. The topological polar surface area (TPSA) is 37.3 Å². The Bertz CT molecular complexity index is 340. The van der Waals surface area contributed by atoms with Crippen molar-refractivity contribution in [3.8, 4) is 0 Å². The van der Waals surface area contributed by atoms with E-state index in [1.54, 1.807) is 0 Å². The lowest BCUT2D eigenvalue weighted by Gasteiger charge is -1.99. The molecule has 0 bridgehead atoms. The summed E-state index contributed by atoms with van der Waals surface area (Å²) >= 11 is 0. The number of aliphatic hydroxyl groups excluding tert-OH is 1. The van der Waals surface area contributed by atoms with E-state index in [2.05, 4.69) is 31.2 Å². The number of hydrogen-bond donors (Lipinski definition) is 1. The molecule has 23 heavy (non-hydrogen) atoms. The second-order valence-electron chi connectivity index (χ2n) is 6.03. The Kier molecular flexibility index (Phi) is 18.0. The van der Waals surface area contributed by atoms with E-state index >= 15 is 0 Å². The summed E-state index contributed by atoms with van der Waals surface area (Å²) in [6.45, 7) is 2.19. The van der Waals surface area contributed by atoms with Crippen LogP contribution in [0.2, 0.25) is 0 Å². The van der Waals surface area contributed by atoms with Gasteiger partial charge in [-0.15, -0.1) is 0 Å². The van der Waals surface area contributed by atoms with Gasteiger partial charge in [-0.2, -0.15) is 0 Å². The average Bonchev–Trinajstić information content (AvgIpc) is 2.56. The molecule has 0 rings (SSSR count). The molecule has 0 aromatic rings. The van der Waals surface area contributed by atoms with Gasteiger partial charge in [-0.05, 0) is 44.6 Å². The van der Waals surface area contributed by atoms with Crippen LogP contribution in [0, 0.1) is 0 Å². The van der Waals surface area contributed by atoms with E-state index in [1.807, 2.05) is 0 Å². The third-order valence-electron chi connectivity index (χ3n) is 3.78. The van der Waals surface area contributed by atoms with Crippen LogP contribution in [0.5, 0.6) is 0 Å². The Morgan fingerprint density at radius 2 is 1.39 bits per heavy atom. The summed E-state index contributed by atoms with van der Waals surface area (Å²) in [5.74, 6) is 0.129. The molecule has 0 saturated heterocycles. The van der Waals surface area contributed by atoms with E-state index in [0.717, 1.165) is 19.3 Å². The molecule has 2 nitrogen and oxygen atoms in total. The van der Waals surface area contributed by atoms with Gasteiger partial charge >= 0.3 is 0 Å². The summed E-state index contributed by atoms with van der Waals surface area (Å²) in [7, 11) is 0. The van der Waals surface area contributed by atoms with Crippen LogP contribution in [0.1, 0.15) is 84.0 Å². The van der Waals surface area contributed by atoms with Gasteiger partial charge in [-0.3, -0.25) is 4.79 Å². The normalized spacial score (nSPS) is 12.1. The number of carbonyl (C=O) groups excluding carboxylic acids is 1. The zero-order valence-corrected chi connectivity index (χ0v) is 15.0. The molecule has 0 spiro atoms. The summed E-state index contributed by atoms with van der Waals surface area (Å²) in [5, 5.41) is 8.57. The molecule has 0 aromatic carbocycles. The molecule has 1 N–H and O–H groups in total. The van der Waals surface area contributed by atoms with Gasteiger partial charge in [0.2, 0.25) is 0 Å². The summed E-state index contributed by atoms with van der Waals surface area (Å²) in [6.07, 6.45) is 26.0. The van der Waals surface area contributed by atoms with Crippen LogP contribution in [-0.4, -0.2) is 17.5 Å². The maximum atomic E-state index is 11.3. The van der Waals surface area contributed by atoms with Gasteiger partial charge in [-0.1, -0.05) is 69.4 Å². The lowest BCUT2D eigenvalue weighted by atomic mass is 10.1. The molecule has 0 aromatic heterocycles. The van der Waals surface area contributed by atoms with Crippen LogP contribution in [0.25, 0.3) is 0 Å². The second-order valence-corrected chi connectivity index (χ2v) is 6.03. The summed E-state index contributed by atoms with van der Waals surface area (Å²) in [6, 6.07) is 0. The fourth-order valence-corrected chi connectivity index (χ4v) is 2.38. The molecule has 132 valence electrons. The minimum absolute atomic E-state index is 0.0477. The van der Waals surface area contributed by atoms with Crippen LogP contribution in [-0.2, 0) is 4.79 Å². The molecule has 0 atom stereocenters. The van der Waals surface area contributed by atoms with Crippen LogP contribution < -0.4 is 0 Å². The van der Waals surface area contributed by atoms with Gasteiger partial charge in [-0.25, -0.2) is 0 Å². The predicted octanol–water partition coefficient (Wildman–Crippen LogP) is 5.92. The number of rotatable bonds is 16. The Labute approximate surface area is 143 Å². The van der Waals surface area contributed by atoms with Gasteiger partial charge in [0.1, 0.15) is 0 Å². The summed E-state index contributed by atoms with van der Waals surface area (Å²) in [5.41, 5.74) is 0. The first-order valence-electron chi connectivity index (χ1n) is 9.41. The van der Waals surface area contributed by atoms with Gasteiger partial charge in [0, 0.05) is 6.42 Å². The minimum Gasteiger partial charge on any atom is -0.392 e. The molecule has 0 radical (unpaired) electrons. The van der Waals surface area contributed by atoms with E-state index in [9.17, 15) is 4.79 Å². The molecule has 0 unspecified atom stereocenters. The molecular weight excluding hydrogens is 284 g/mol. The minimum atomic E-state index is -0.0477. The molecule has 0 amide bonds. The third kappa shape index (κ3) is 18.8. The second kappa shape index (κ2) is 18.9. The van der Waals surface area contributed by atoms with E-state index in [4.69, 9.17) is 5.11 Å². The summed E-state index contributed by atoms with van der Waals surface area (Å²) < 4.78 is 0. The first-order valence-corrected chi connectivity index (χ1v) is 9.41. The Hall–Kier alpha value is -1.15. The Morgan fingerprint density at radius 3 is 2.04 bits per heavy atom. The maximum absolute atomic E-state index is 11.3. The SMILES string of the molecule is CCCCC/C=C\C/C=C\CCCCCCCC(=O)/C=C/CO. The first-order chi connectivity index (χ1) is 11.3. The predicted molar refractivity (Wildman–Crippen MR) is 101 cm³/mol. The molecule has 0 fully saturated rings. The van der Waals surface area contributed by atoms with Crippen molar-refractivity contribution in [1.82, 2.24) is 0 Å². The highest BCUT2D eigenvalue weighted by Crippen LogP contribution is 2.08. The van der Waals surface area contributed by atoms with E-state index in [0.29, 0.717) is 6.42 Å². The van der Waals surface area contributed by atoms with Crippen molar-refractivity contribution < 1.29 is 9.90 Å². The van der Waals surface area contributed by atoms with Crippen molar-refractivity contribution in [2.45, 2.75) is 84.0 Å². The van der Waals surface area contributed by atoms with Crippen molar-refractivity contribution >= 4 is 5.78 Å². The van der Waals surface area contributed by atoms with E-state index in [-0.39, 0.29) is 12.4 Å². The summed E-state index contributed by atoms with van der Waals surface area (Å²) in [4.78, 5) is 11.3. The van der Waals surface area contributed by atoms with Gasteiger partial charge < -0.3 is 5.11 Å². The molecule has 0 heterocycles. The van der Waals surface area contributed by atoms with Gasteiger partial charge in [0.05, 0.1) is 6.61 Å². The number of aliphatic hydroxyl groups is 1. The fraction of sp³-hybridized carbons (Fsp3) is 0.667. The van der Waals surface area contributed by atoms with Crippen molar-refractivity contribution in [1.29, 1.82) is 0 Å². The monoisotopic (exact) mass is 320 g/mol. The highest BCUT2D eigenvalue weighted by atomic mass is 16.2. The zero-order valence-electron chi connectivity index (χ0n) is 15.0. The first kappa shape index (κ1) is 21.9. The fourth-order valence-electron chi connectivity index (χ4n) is 2.38. The van der Waals surface area contributed by atoms with Crippen molar-refractivity contribution in [2.24, 2.45) is 0 Å². The van der Waals surface area contributed by atoms with Crippen LogP contribution in [0.4, 0.5) is 0 Å². The Morgan fingerprint density at radius 1 is 0.783 bits per heavy atom. The molecule has 0 aliphatic rings. The van der Waals surface area contributed by atoms with Gasteiger partial charge in [0.15, 0.2) is 5.78 Å². The van der Waals surface area contributed by atoms with Crippen molar-refractivity contribution in [3.05, 3.63) is 36.5 Å². The number of hydrogen-bond acceptors (Lipinski definition) is 2. The highest BCUT2D eigenvalue weighted by molar-refractivity contribution is 5.89. The quantitative estimate of drug-likeness (QED) is 0.218. The number of carbonyl (C=O) groups is 1. The number of ketones is 1. The Balaban J connectivity index is 3.28. The standard InChI is InChI=1S/C21H36O2/c1-2-3-4-5-6-7-8-9-10-11-12-13-14-15-16-18-21(23)19-17-20-22/h6-7,9-10,17,19,22H,2-5,8,11-16,18,20H2,1H3/b7-6-,10-9-,19-17+. The van der Waals surface area contributed by atoms with Crippen LogP contribution >= 0.6 is 0 Å². The third-order valence-corrected chi connectivity index (χ3v) is 3.78. The molecule has 0 aliphatic heterocycles. The maximum Gasteiger partial charge on any atom is 0.155 e. The molecular formula is C21H36O2. The number of allylic oxidation sites excluding steroid dienone is 5. The van der Waals surface area contributed by atoms with E-state index < -0.39 is 0 Å². The zero-order chi connectivity index (χ0) is 17.0. The number of unbranched alkanes of at least 4 members (excludes halogenated alkanes) is 8. The molecule has 2 heteroatoms.